The van der Waals surface area contributed by atoms with Gasteiger partial charge in [-0.3, -0.25) is 4.79 Å². The second-order valence-electron chi connectivity index (χ2n) is 3.60. The average molecular weight is 391 g/mol. The molecule has 18 heavy (non-hydrogen) atoms. The molecule has 94 valence electrons. The summed E-state index contributed by atoms with van der Waals surface area (Å²) in [6.07, 6.45) is 0.795. The van der Waals surface area contributed by atoms with Crippen molar-refractivity contribution in [3.63, 3.8) is 0 Å². The Kier molecular flexibility index (Phi) is 4.53. The fourth-order valence-electron chi connectivity index (χ4n) is 1.39. The first-order valence-corrected chi connectivity index (χ1v) is 7.54. The molecule has 1 aromatic heterocycles. The molecule has 0 aliphatic heterocycles. The molecule has 1 aromatic carbocycles. The van der Waals surface area contributed by atoms with E-state index in [0.717, 1.165) is 25.9 Å². The van der Waals surface area contributed by atoms with Crippen molar-refractivity contribution in [1.29, 1.82) is 0 Å². The number of aldehydes is 1. The van der Waals surface area contributed by atoms with Crippen molar-refractivity contribution in [3.8, 4) is 5.75 Å². The van der Waals surface area contributed by atoms with Crippen LogP contribution in [0.1, 0.15) is 21.1 Å². The molecule has 0 amide bonds. The largest absolute Gasteiger partial charge is 0.484 e. The molecule has 0 aliphatic rings. The summed E-state index contributed by atoms with van der Waals surface area (Å²) >= 11 is 8.34. The molecule has 0 fully saturated rings. The predicted molar refractivity (Wildman–Crippen MR) is 78.4 cm³/mol. The number of thiazole rings is 1. The monoisotopic (exact) mass is 389 g/mol. The van der Waals surface area contributed by atoms with E-state index in [4.69, 9.17) is 4.74 Å². The van der Waals surface area contributed by atoms with E-state index in [-0.39, 0.29) is 0 Å². The van der Waals surface area contributed by atoms with Crippen molar-refractivity contribution in [3.05, 3.63) is 42.7 Å². The summed E-state index contributed by atoms with van der Waals surface area (Å²) in [6.45, 7) is 2.36. The SMILES string of the molecule is Cc1csc(COc2c(Br)cc(C=O)cc2Br)n1. The summed E-state index contributed by atoms with van der Waals surface area (Å²) in [5, 5.41) is 2.91. The molecular formula is C12H9Br2NO2S. The van der Waals surface area contributed by atoms with Gasteiger partial charge in [0.05, 0.1) is 8.95 Å². The normalized spacial score (nSPS) is 10.4. The summed E-state index contributed by atoms with van der Waals surface area (Å²) in [5.74, 6) is 0.674. The highest BCUT2D eigenvalue weighted by atomic mass is 79.9. The molecule has 0 aliphatic carbocycles. The van der Waals surface area contributed by atoms with Crippen molar-refractivity contribution in [1.82, 2.24) is 4.98 Å². The molecule has 0 spiro atoms. The van der Waals surface area contributed by atoms with Gasteiger partial charge in [-0.25, -0.2) is 4.98 Å². The number of hydrogen-bond acceptors (Lipinski definition) is 4. The summed E-state index contributed by atoms with van der Waals surface area (Å²) < 4.78 is 7.19. The Morgan fingerprint density at radius 2 is 2.06 bits per heavy atom. The number of rotatable bonds is 4. The van der Waals surface area contributed by atoms with Gasteiger partial charge in [-0.2, -0.15) is 0 Å². The Labute approximate surface area is 125 Å². The van der Waals surface area contributed by atoms with Crippen LogP contribution >= 0.6 is 43.2 Å². The van der Waals surface area contributed by atoms with Gasteiger partial charge in [0.1, 0.15) is 23.7 Å². The third-order valence-corrected chi connectivity index (χ3v) is 4.28. The predicted octanol–water partition coefficient (Wildman–Crippen LogP) is 4.37. The highest BCUT2D eigenvalue weighted by Crippen LogP contribution is 2.35. The molecule has 0 unspecified atom stereocenters. The quantitative estimate of drug-likeness (QED) is 0.727. The van der Waals surface area contributed by atoms with Crippen LogP contribution in [0.2, 0.25) is 0 Å². The van der Waals surface area contributed by atoms with Crippen LogP contribution in [0.5, 0.6) is 5.75 Å². The summed E-state index contributed by atoms with van der Waals surface area (Å²) in [4.78, 5) is 15.0. The minimum atomic E-state index is 0.413. The Morgan fingerprint density at radius 3 is 2.56 bits per heavy atom. The van der Waals surface area contributed by atoms with Gasteiger partial charge in [-0.1, -0.05) is 0 Å². The molecule has 0 radical (unpaired) electrons. The maximum absolute atomic E-state index is 10.7. The lowest BCUT2D eigenvalue weighted by Crippen LogP contribution is -1.97. The lowest BCUT2D eigenvalue weighted by atomic mass is 10.2. The molecule has 0 saturated heterocycles. The maximum Gasteiger partial charge on any atom is 0.150 e. The van der Waals surface area contributed by atoms with E-state index >= 15 is 0 Å². The topological polar surface area (TPSA) is 39.2 Å². The number of aromatic nitrogens is 1. The molecular weight excluding hydrogens is 382 g/mol. The van der Waals surface area contributed by atoms with Gasteiger partial charge in [0.25, 0.3) is 0 Å². The summed E-state index contributed by atoms with van der Waals surface area (Å²) in [6, 6.07) is 3.44. The number of hydrogen-bond donors (Lipinski definition) is 0. The second-order valence-corrected chi connectivity index (χ2v) is 6.25. The molecule has 2 aromatic rings. The first kappa shape index (κ1) is 13.7. The third kappa shape index (κ3) is 3.18. The van der Waals surface area contributed by atoms with Crippen LogP contribution in [0.4, 0.5) is 0 Å². The fourth-order valence-corrected chi connectivity index (χ4v) is 3.52. The van der Waals surface area contributed by atoms with Gasteiger partial charge in [0, 0.05) is 16.6 Å². The van der Waals surface area contributed by atoms with Crippen LogP contribution in [0.15, 0.2) is 26.5 Å². The summed E-state index contributed by atoms with van der Waals surface area (Å²) in [7, 11) is 0. The van der Waals surface area contributed by atoms with E-state index in [0.29, 0.717) is 17.9 Å². The fraction of sp³-hybridized carbons (Fsp3) is 0.167. The standard InChI is InChI=1S/C12H9Br2NO2S/c1-7-6-18-11(15-7)5-17-12-9(13)2-8(4-16)3-10(12)14/h2-4,6H,5H2,1H3. The van der Waals surface area contributed by atoms with Crippen LogP contribution in [0, 0.1) is 6.92 Å². The zero-order valence-corrected chi connectivity index (χ0v) is 13.4. The van der Waals surface area contributed by atoms with Crippen LogP contribution in [-0.4, -0.2) is 11.3 Å². The smallest absolute Gasteiger partial charge is 0.150 e. The number of benzene rings is 1. The first-order chi connectivity index (χ1) is 8.60. The van der Waals surface area contributed by atoms with Gasteiger partial charge in [0.2, 0.25) is 0 Å². The number of ether oxygens (including phenoxy) is 1. The van der Waals surface area contributed by atoms with Crippen molar-refractivity contribution < 1.29 is 9.53 Å². The zero-order chi connectivity index (χ0) is 13.1. The lowest BCUT2D eigenvalue weighted by molar-refractivity contribution is 0.112. The molecule has 3 nitrogen and oxygen atoms in total. The number of carbonyl (C=O) groups is 1. The maximum atomic E-state index is 10.7. The van der Waals surface area contributed by atoms with Crippen LogP contribution < -0.4 is 4.74 Å². The van der Waals surface area contributed by atoms with Gasteiger partial charge in [-0.15, -0.1) is 11.3 Å². The van der Waals surface area contributed by atoms with Crippen molar-refractivity contribution in [2.75, 3.05) is 0 Å². The Balaban J connectivity index is 2.16. The van der Waals surface area contributed by atoms with E-state index < -0.39 is 0 Å². The highest BCUT2D eigenvalue weighted by Gasteiger charge is 2.10. The van der Waals surface area contributed by atoms with Crippen molar-refractivity contribution >= 4 is 49.5 Å². The minimum Gasteiger partial charge on any atom is -0.484 e. The Hall–Kier alpha value is -0.720. The molecule has 1 heterocycles. The van der Waals surface area contributed by atoms with Gasteiger partial charge < -0.3 is 4.74 Å². The Bertz CT molecular complexity index is 560. The van der Waals surface area contributed by atoms with Crippen molar-refractivity contribution in [2.24, 2.45) is 0 Å². The van der Waals surface area contributed by atoms with Gasteiger partial charge >= 0.3 is 0 Å². The molecule has 0 atom stereocenters. The number of aryl methyl sites for hydroxylation is 1. The number of carbonyl (C=O) groups excluding carboxylic acids is 1. The molecule has 6 heteroatoms. The minimum absolute atomic E-state index is 0.413. The first-order valence-electron chi connectivity index (χ1n) is 5.08. The molecule has 0 bridgehead atoms. The lowest BCUT2D eigenvalue weighted by Gasteiger charge is -2.09. The zero-order valence-electron chi connectivity index (χ0n) is 9.44. The van der Waals surface area contributed by atoms with E-state index in [1.54, 1.807) is 23.5 Å². The highest BCUT2D eigenvalue weighted by molar-refractivity contribution is 9.11. The molecule has 2 rings (SSSR count). The van der Waals surface area contributed by atoms with Crippen LogP contribution in [0.25, 0.3) is 0 Å². The number of halogens is 2. The Morgan fingerprint density at radius 1 is 1.39 bits per heavy atom. The van der Waals surface area contributed by atoms with Gasteiger partial charge in [0.15, 0.2) is 0 Å². The van der Waals surface area contributed by atoms with Crippen molar-refractivity contribution in [2.45, 2.75) is 13.5 Å². The second kappa shape index (κ2) is 5.95. The number of nitrogens with zero attached hydrogens (tertiary/aromatic N) is 1. The van der Waals surface area contributed by atoms with E-state index in [1.807, 2.05) is 12.3 Å². The van der Waals surface area contributed by atoms with E-state index in [2.05, 4.69) is 36.8 Å². The molecule has 0 N–H and O–H groups in total. The van der Waals surface area contributed by atoms with Gasteiger partial charge in [-0.05, 0) is 50.9 Å². The average Bonchev–Trinajstić information content (AvgIpc) is 2.73. The van der Waals surface area contributed by atoms with E-state index in [9.17, 15) is 4.79 Å². The third-order valence-electron chi connectivity index (χ3n) is 2.16. The van der Waals surface area contributed by atoms with Crippen LogP contribution in [-0.2, 0) is 6.61 Å². The summed E-state index contributed by atoms with van der Waals surface area (Å²) in [5.41, 5.74) is 1.58. The van der Waals surface area contributed by atoms with Crippen LogP contribution in [0.3, 0.4) is 0 Å². The van der Waals surface area contributed by atoms with E-state index in [1.165, 1.54) is 0 Å². The molecule has 0 saturated carbocycles.